The molecular weight excluding hydrogens is 436 g/mol. The topological polar surface area (TPSA) is 52.6 Å². The zero-order chi connectivity index (χ0) is 25.4. The second-order valence-electron chi connectivity index (χ2n) is 9.89. The van der Waals surface area contributed by atoms with Gasteiger partial charge in [-0.3, -0.25) is 9.59 Å². The van der Waals surface area contributed by atoms with Gasteiger partial charge < -0.3 is 9.47 Å². The summed E-state index contributed by atoms with van der Waals surface area (Å²) in [6.07, 6.45) is 11.3. The highest BCUT2D eigenvalue weighted by atomic mass is 16.5. The summed E-state index contributed by atoms with van der Waals surface area (Å²) in [5.74, 6) is 0.350. The van der Waals surface area contributed by atoms with Gasteiger partial charge in [0.25, 0.3) is 0 Å². The van der Waals surface area contributed by atoms with Gasteiger partial charge in [-0.2, -0.15) is 0 Å². The highest BCUT2D eigenvalue weighted by Crippen LogP contribution is 2.32. The minimum absolute atomic E-state index is 0.0686. The summed E-state index contributed by atoms with van der Waals surface area (Å²) in [7, 11) is 0. The molecule has 0 unspecified atom stereocenters. The number of hydrogen-bond donors (Lipinski definition) is 0. The van der Waals surface area contributed by atoms with Crippen LogP contribution >= 0.6 is 0 Å². The van der Waals surface area contributed by atoms with Crippen LogP contribution in [0, 0.1) is 0 Å². The van der Waals surface area contributed by atoms with Gasteiger partial charge in [-0.1, -0.05) is 108 Å². The van der Waals surface area contributed by atoms with Gasteiger partial charge in [-0.05, 0) is 42.5 Å². The molecule has 0 saturated heterocycles. The summed E-state index contributed by atoms with van der Waals surface area (Å²) in [6, 6.07) is 18.3. The fourth-order valence-electron chi connectivity index (χ4n) is 4.18. The number of esters is 2. The quantitative estimate of drug-likeness (QED) is 0.130. The molecule has 0 atom stereocenters. The van der Waals surface area contributed by atoms with E-state index in [2.05, 4.69) is 45.0 Å². The van der Waals surface area contributed by atoms with Crippen molar-refractivity contribution in [2.75, 3.05) is 6.61 Å². The van der Waals surface area contributed by atoms with Crippen molar-refractivity contribution in [3.63, 3.8) is 0 Å². The first-order valence-corrected chi connectivity index (χ1v) is 13.5. The maximum Gasteiger partial charge on any atom is 0.311 e. The Morgan fingerprint density at radius 2 is 1.20 bits per heavy atom. The van der Waals surface area contributed by atoms with Gasteiger partial charge in [-0.25, -0.2) is 0 Å². The number of carbonyl (C=O) groups excluding carboxylic acids is 2. The summed E-state index contributed by atoms with van der Waals surface area (Å²) < 4.78 is 10.8. The maximum atomic E-state index is 12.2. The molecule has 0 amide bonds. The molecule has 2 aromatic carbocycles. The molecule has 0 fully saturated rings. The molecule has 0 radical (unpaired) electrons. The predicted octanol–water partition coefficient (Wildman–Crippen LogP) is 8.16. The molecule has 2 aromatic rings. The van der Waals surface area contributed by atoms with Crippen molar-refractivity contribution in [1.82, 2.24) is 0 Å². The van der Waals surface area contributed by atoms with Crippen molar-refractivity contribution in [1.29, 1.82) is 0 Å². The Hall–Kier alpha value is -2.62. The summed E-state index contributed by atoms with van der Waals surface area (Å²) in [5, 5.41) is 0. The van der Waals surface area contributed by atoms with Crippen LogP contribution in [-0.2, 0) is 19.7 Å². The lowest BCUT2D eigenvalue weighted by Crippen LogP contribution is -2.18. The average molecular weight is 481 g/mol. The second-order valence-corrected chi connectivity index (χ2v) is 9.89. The number of unbranched alkanes of at least 4 members (excludes halogenated alkanes) is 8. The maximum absolute atomic E-state index is 12.2. The second kappa shape index (κ2) is 16.1. The van der Waals surface area contributed by atoms with E-state index in [4.69, 9.17) is 9.47 Å². The van der Waals surface area contributed by atoms with Gasteiger partial charge in [0.05, 0.1) is 6.61 Å². The third-order valence-electron chi connectivity index (χ3n) is 6.58. The largest absolute Gasteiger partial charge is 0.466 e. The Kier molecular flexibility index (Phi) is 13.2. The Bertz CT molecular complexity index is 855. The fourth-order valence-corrected chi connectivity index (χ4v) is 4.18. The van der Waals surface area contributed by atoms with Crippen LogP contribution in [0.5, 0.6) is 5.75 Å². The summed E-state index contributed by atoms with van der Waals surface area (Å²) in [4.78, 5) is 23.9. The van der Waals surface area contributed by atoms with Crippen molar-refractivity contribution in [3.05, 3.63) is 65.7 Å². The number of rotatable bonds is 17. The molecular formula is C31H44O4. The molecule has 0 heterocycles. The molecule has 0 spiro atoms. The SMILES string of the molecule is CCCCCCOC(=O)CCCCCCCCC(=O)Oc1ccc(C(C)(C)c2ccccc2)cc1. The van der Waals surface area contributed by atoms with Crippen LogP contribution in [0.4, 0.5) is 0 Å². The summed E-state index contributed by atoms with van der Waals surface area (Å²) in [6.45, 7) is 7.13. The normalized spacial score (nSPS) is 11.3. The van der Waals surface area contributed by atoms with Gasteiger partial charge in [-0.15, -0.1) is 0 Å². The molecule has 4 heteroatoms. The van der Waals surface area contributed by atoms with Crippen LogP contribution in [0.1, 0.15) is 109 Å². The van der Waals surface area contributed by atoms with E-state index >= 15 is 0 Å². The predicted molar refractivity (Wildman–Crippen MR) is 143 cm³/mol. The Morgan fingerprint density at radius 1 is 0.657 bits per heavy atom. The third-order valence-corrected chi connectivity index (χ3v) is 6.58. The lowest BCUT2D eigenvalue weighted by atomic mass is 9.78. The lowest BCUT2D eigenvalue weighted by Gasteiger charge is -2.26. The van der Waals surface area contributed by atoms with E-state index in [0.717, 1.165) is 51.4 Å². The Morgan fingerprint density at radius 3 is 1.83 bits per heavy atom. The minimum atomic E-state index is -0.179. The fraction of sp³-hybridized carbons (Fsp3) is 0.548. The van der Waals surface area contributed by atoms with E-state index < -0.39 is 0 Å². The van der Waals surface area contributed by atoms with Crippen LogP contribution < -0.4 is 4.74 Å². The van der Waals surface area contributed by atoms with E-state index in [9.17, 15) is 9.59 Å². The molecule has 2 rings (SSSR count). The van der Waals surface area contributed by atoms with E-state index in [1.807, 2.05) is 30.3 Å². The average Bonchev–Trinajstić information content (AvgIpc) is 2.86. The van der Waals surface area contributed by atoms with Crippen LogP contribution in [0.2, 0.25) is 0 Å². The first-order chi connectivity index (χ1) is 16.9. The Balaban J connectivity index is 1.54. The van der Waals surface area contributed by atoms with Crippen molar-refractivity contribution in [2.24, 2.45) is 0 Å². The minimum Gasteiger partial charge on any atom is -0.466 e. The van der Waals surface area contributed by atoms with Crippen molar-refractivity contribution >= 4 is 11.9 Å². The van der Waals surface area contributed by atoms with Gasteiger partial charge in [0.15, 0.2) is 0 Å². The van der Waals surface area contributed by atoms with Crippen LogP contribution in [0.3, 0.4) is 0 Å². The van der Waals surface area contributed by atoms with Gasteiger partial charge >= 0.3 is 11.9 Å². The standard InChI is InChI=1S/C31H44O4/c1-4-5-6-16-25-34-29(32)19-14-9-7-8-10-15-20-30(33)35-28-23-21-27(22-24-28)31(2,3)26-17-12-11-13-18-26/h11-13,17-18,21-24H,4-10,14-16,19-20,25H2,1-3H3. The van der Waals surface area contributed by atoms with Gasteiger partial charge in [0, 0.05) is 18.3 Å². The first kappa shape index (κ1) is 28.6. The van der Waals surface area contributed by atoms with E-state index in [1.54, 1.807) is 0 Å². The molecule has 0 saturated carbocycles. The summed E-state index contributed by atoms with van der Waals surface area (Å²) >= 11 is 0. The number of benzene rings is 2. The number of carbonyl (C=O) groups is 2. The molecule has 35 heavy (non-hydrogen) atoms. The Labute approximate surface area is 212 Å². The van der Waals surface area contributed by atoms with Crippen molar-refractivity contribution in [3.8, 4) is 5.75 Å². The highest BCUT2D eigenvalue weighted by Gasteiger charge is 2.22. The molecule has 0 aromatic heterocycles. The molecule has 0 bridgehead atoms. The first-order valence-electron chi connectivity index (χ1n) is 13.5. The lowest BCUT2D eigenvalue weighted by molar-refractivity contribution is -0.144. The van der Waals surface area contributed by atoms with Crippen LogP contribution in [-0.4, -0.2) is 18.5 Å². The molecule has 4 nitrogen and oxygen atoms in total. The van der Waals surface area contributed by atoms with E-state index in [0.29, 0.717) is 25.2 Å². The molecule has 0 aliphatic carbocycles. The third kappa shape index (κ3) is 11.1. The highest BCUT2D eigenvalue weighted by molar-refractivity contribution is 5.72. The molecule has 192 valence electrons. The van der Waals surface area contributed by atoms with E-state index in [1.165, 1.54) is 24.0 Å². The zero-order valence-corrected chi connectivity index (χ0v) is 22.0. The van der Waals surface area contributed by atoms with Crippen LogP contribution in [0.15, 0.2) is 54.6 Å². The van der Waals surface area contributed by atoms with Gasteiger partial charge in [0.1, 0.15) is 5.75 Å². The number of ether oxygens (including phenoxy) is 2. The number of hydrogen-bond acceptors (Lipinski definition) is 4. The summed E-state index contributed by atoms with van der Waals surface area (Å²) in [5.41, 5.74) is 2.32. The van der Waals surface area contributed by atoms with Crippen molar-refractivity contribution < 1.29 is 19.1 Å². The molecule has 0 N–H and O–H groups in total. The van der Waals surface area contributed by atoms with Crippen LogP contribution in [0.25, 0.3) is 0 Å². The van der Waals surface area contributed by atoms with Gasteiger partial charge in [0.2, 0.25) is 0 Å². The van der Waals surface area contributed by atoms with Crippen molar-refractivity contribution in [2.45, 2.75) is 103 Å². The smallest absolute Gasteiger partial charge is 0.311 e. The zero-order valence-electron chi connectivity index (χ0n) is 22.0. The monoisotopic (exact) mass is 480 g/mol. The van der Waals surface area contributed by atoms with E-state index in [-0.39, 0.29) is 17.4 Å². The molecule has 0 aliphatic heterocycles. The molecule has 0 aliphatic rings.